The molecular formula is C15H22N4OS. The minimum Gasteiger partial charge on any atom is -0.339 e. The van der Waals surface area contributed by atoms with Crippen molar-refractivity contribution in [3.63, 3.8) is 0 Å². The van der Waals surface area contributed by atoms with Crippen molar-refractivity contribution in [1.82, 2.24) is 15.0 Å². The van der Waals surface area contributed by atoms with E-state index in [4.69, 9.17) is 10.3 Å². The summed E-state index contributed by atoms with van der Waals surface area (Å²) in [5, 5.41) is 6.07. The molecule has 0 amide bonds. The Hall–Kier alpha value is -1.24. The van der Waals surface area contributed by atoms with Crippen LogP contribution in [0.3, 0.4) is 0 Å². The van der Waals surface area contributed by atoms with Crippen molar-refractivity contribution in [2.75, 3.05) is 19.6 Å². The number of aromatic nitrogens is 2. The number of piperidine rings is 1. The number of thiophene rings is 1. The Morgan fingerprint density at radius 3 is 3.19 bits per heavy atom. The molecule has 1 aliphatic heterocycles. The van der Waals surface area contributed by atoms with E-state index in [0.717, 1.165) is 36.7 Å². The summed E-state index contributed by atoms with van der Waals surface area (Å²) in [5.41, 5.74) is 5.85. The maximum absolute atomic E-state index is 5.85. The van der Waals surface area contributed by atoms with E-state index in [1.165, 1.54) is 25.8 Å². The minimum absolute atomic E-state index is 0.558. The van der Waals surface area contributed by atoms with Gasteiger partial charge in [-0.05, 0) is 43.8 Å². The lowest BCUT2D eigenvalue weighted by Crippen LogP contribution is -2.44. The molecule has 0 radical (unpaired) electrons. The largest absolute Gasteiger partial charge is 0.339 e. The van der Waals surface area contributed by atoms with E-state index in [1.54, 1.807) is 11.3 Å². The quantitative estimate of drug-likeness (QED) is 0.888. The Morgan fingerprint density at radius 1 is 1.43 bits per heavy atom. The highest BCUT2D eigenvalue weighted by Gasteiger charge is 2.20. The van der Waals surface area contributed by atoms with E-state index in [0.29, 0.717) is 11.9 Å². The van der Waals surface area contributed by atoms with Gasteiger partial charge in [0.05, 0.1) is 4.88 Å². The van der Waals surface area contributed by atoms with Crippen LogP contribution in [0, 0.1) is 0 Å². The fourth-order valence-electron chi connectivity index (χ4n) is 2.92. The molecule has 0 aliphatic carbocycles. The van der Waals surface area contributed by atoms with Crippen molar-refractivity contribution in [1.29, 1.82) is 0 Å². The van der Waals surface area contributed by atoms with E-state index in [9.17, 15) is 0 Å². The van der Waals surface area contributed by atoms with Crippen LogP contribution in [0.5, 0.6) is 0 Å². The van der Waals surface area contributed by atoms with Crippen LogP contribution in [0.25, 0.3) is 10.7 Å². The molecule has 6 heteroatoms. The van der Waals surface area contributed by atoms with Gasteiger partial charge in [0, 0.05) is 19.0 Å². The highest BCUT2D eigenvalue weighted by atomic mass is 32.1. The zero-order valence-corrected chi connectivity index (χ0v) is 13.0. The minimum atomic E-state index is 0.558. The second-order valence-electron chi connectivity index (χ2n) is 5.51. The molecule has 1 fully saturated rings. The number of aryl methyl sites for hydroxylation is 1. The summed E-state index contributed by atoms with van der Waals surface area (Å²) in [4.78, 5) is 8.04. The van der Waals surface area contributed by atoms with Crippen molar-refractivity contribution in [3.8, 4) is 10.7 Å². The molecule has 0 bridgehead atoms. The molecule has 3 rings (SSSR count). The van der Waals surface area contributed by atoms with Crippen LogP contribution in [-0.4, -0.2) is 40.7 Å². The van der Waals surface area contributed by atoms with Crippen molar-refractivity contribution in [2.45, 2.75) is 38.1 Å². The molecule has 2 aromatic rings. The maximum atomic E-state index is 5.85. The van der Waals surface area contributed by atoms with Gasteiger partial charge in [-0.1, -0.05) is 17.6 Å². The molecule has 1 saturated heterocycles. The molecule has 5 nitrogen and oxygen atoms in total. The predicted molar refractivity (Wildman–Crippen MR) is 84.2 cm³/mol. The van der Waals surface area contributed by atoms with Gasteiger partial charge in [-0.3, -0.25) is 4.90 Å². The number of nitrogens with zero attached hydrogens (tertiary/aromatic N) is 3. The number of hydrogen-bond donors (Lipinski definition) is 1. The average Bonchev–Trinajstić information content (AvgIpc) is 3.18. The zero-order chi connectivity index (χ0) is 14.5. The number of likely N-dealkylation sites (tertiary alicyclic amines) is 1. The summed E-state index contributed by atoms with van der Waals surface area (Å²) >= 11 is 1.63. The van der Waals surface area contributed by atoms with E-state index < -0.39 is 0 Å². The number of rotatable bonds is 6. The summed E-state index contributed by atoms with van der Waals surface area (Å²) in [6, 6.07) is 4.57. The van der Waals surface area contributed by atoms with Crippen molar-refractivity contribution >= 4 is 11.3 Å². The molecular weight excluding hydrogens is 284 g/mol. The molecule has 0 aromatic carbocycles. The van der Waals surface area contributed by atoms with E-state index >= 15 is 0 Å². The molecule has 0 spiro atoms. The van der Waals surface area contributed by atoms with Crippen LogP contribution < -0.4 is 5.73 Å². The molecule has 3 heterocycles. The Morgan fingerprint density at radius 2 is 2.38 bits per heavy atom. The average molecular weight is 306 g/mol. The first-order valence-electron chi connectivity index (χ1n) is 7.67. The third-order valence-corrected chi connectivity index (χ3v) is 4.93. The Kier molecular flexibility index (Phi) is 5.00. The molecule has 0 saturated carbocycles. The summed E-state index contributed by atoms with van der Waals surface area (Å²) < 4.78 is 5.33. The third kappa shape index (κ3) is 3.70. The summed E-state index contributed by atoms with van der Waals surface area (Å²) in [6.45, 7) is 3.01. The van der Waals surface area contributed by atoms with E-state index in [2.05, 4.69) is 15.0 Å². The Labute approximate surface area is 129 Å². The lowest BCUT2D eigenvalue weighted by Gasteiger charge is -2.34. The van der Waals surface area contributed by atoms with Crippen LogP contribution in [0.15, 0.2) is 22.0 Å². The molecule has 1 unspecified atom stereocenters. The van der Waals surface area contributed by atoms with Crippen LogP contribution in [0.4, 0.5) is 0 Å². The molecule has 114 valence electrons. The van der Waals surface area contributed by atoms with Crippen LogP contribution in [0.2, 0.25) is 0 Å². The van der Waals surface area contributed by atoms with Crippen molar-refractivity contribution < 1.29 is 4.52 Å². The fraction of sp³-hybridized carbons (Fsp3) is 0.600. The number of hydrogen-bond acceptors (Lipinski definition) is 6. The molecule has 2 aromatic heterocycles. The van der Waals surface area contributed by atoms with Crippen LogP contribution in [-0.2, 0) is 6.42 Å². The maximum Gasteiger partial charge on any atom is 0.227 e. The third-order valence-electron chi connectivity index (χ3n) is 4.07. The molecule has 2 N–H and O–H groups in total. The highest BCUT2D eigenvalue weighted by Crippen LogP contribution is 2.22. The smallest absolute Gasteiger partial charge is 0.227 e. The number of nitrogens with two attached hydrogens (primary N) is 1. The van der Waals surface area contributed by atoms with E-state index in [-0.39, 0.29) is 0 Å². The van der Waals surface area contributed by atoms with Gasteiger partial charge >= 0.3 is 0 Å². The van der Waals surface area contributed by atoms with Crippen LogP contribution >= 0.6 is 11.3 Å². The fourth-order valence-corrected chi connectivity index (χ4v) is 3.57. The van der Waals surface area contributed by atoms with Gasteiger partial charge in [0.25, 0.3) is 0 Å². The standard InChI is InChI=1S/C15H22N4OS/c16-11-12-5-1-2-8-19(12)9-3-7-14-17-15(18-20-14)13-6-4-10-21-13/h4,6,10,12H,1-3,5,7-9,11,16H2. The molecule has 1 aliphatic rings. The van der Waals surface area contributed by atoms with Gasteiger partial charge in [0.1, 0.15) is 0 Å². The van der Waals surface area contributed by atoms with E-state index in [1.807, 2.05) is 17.5 Å². The summed E-state index contributed by atoms with van der Waals surface area (Å²) in [7, 11) is 0. The van der Waals surface area contributed by atoms with Gasteiger partial charge in [0.15, 0.2) is 0 Å². The van der Waals surface area contributed by atoms with Gasteiger partial charge in [-0.15, -0.1) is 11.3 Å². The first-order chi connectivity index (χ1) is 10.4. The predicted octanol–water partition coefficient (Wildman–Crippen LogP) is 2.54. The first-order valence-corrected chi connectivity index (χ1v) is 8.55. The molecule has 21 heavy (non-hydrogen) atoms. The second-order valence-corrected chi connectivity index (χ2v) is 6.46. The summed E-state index contributed by atoms with van der Waals surface area (Å²) in [6.07, 6.45) is 5.72. The second kappa shape index (κ2) is 7.15. The zero-order valence-electron chi connectivity index (χ0n) is 12.2. The lowest BCUT2D eigenvalue weighted by molar-refractivity contribution is 0.150. The van der Waals surface area contributed by atoms with Gasteiger partial charge < -0.3 is 10.3 Å². The highest BCUT2D eigenvalue weighted by molar-refractivity contribution is 7.13. The Balaban J connectivity index is 1.49. The topological polar surface area (TPSA) is 68.2 Å². The van der Waals surface area contributed by atoms with Gasteiger partial charge in [-0.25, -0.2) is 0 Å². The Bertz CT molecular complexity index is 540. The SMILES string of the molecule is NCC1CCCCN1CCCc1nc(-c2cccs2)no1. The first kappa shape index (κ1) is 14.7. The van der Waals surface area contributed by atoms with Gasteiger partial charge in [-0.2, -0.15) is 4.98 Å². The van der Waals surface area contributed by atoms with Crippen molar-refractivity contribution in [2.24, 2.45) is 5.73 Å². The van der Waals surface area contributed by atoms with Crippen molar-refractivity contribution in [3.05, 3.63) is 23.4 Å². The summed E-state index contributed by atoms with van der Waals surface area (Å²) in [5.74, 6) is 1.44. The van der Waals surface area contributed by atoms with Gasteiger partial charge in [0.2, 0.25) is 11.7 Å². The normalized spacial score (nSPS) is 20.0. The monoisotopic (exact) mass is 306 g/mol. The van der Waals surface area contributed by atoms with Crippen LogP contribution in [0.1, 0.15) is 31.6 Å². The molecule has 1 atom stereocenters. The lowest BCUT2D eigenvalue weighted by atomic mass is 10.0.